The van der Waals surface area contributed by atoms with Crippen LogP contribution in [-0.2, 0) is 14.9 Å². The minimum atomic E-state index is -4.86. The number of amides is 1. The molecule has 0 aromatic heterocycles. The first-order valence-corrected chi connectivity index (χ1v) is 5.67. The molecule has 0 saturated carbocycles. The number of carbonyl (C=O) groups excluding carboxylic acids is 1. The Morgan fingerprint density at radius 1 is 1.35 bits per heavy atom. The SMILES string of the molecule is COc1ccc(C(C([NH])=O)S(=O)(=O)[O-])cc1.[Na+]. The summed E-state index contributed by atoms with van der Waals surface area (Å²) in [5.74, 6) is -0.983. The van der Waals surface area contributed by atoms with E-state index in [1.54, 1.807) is 0 Å². The van der Waals surface area contributed by atoms with Crippen molar-refractivity contribution < 1.29 is 52.1 Å². The zero-order valence-electron chi connectivity index (χ0n) is 9.34. The van der Waals surface area contributed by atoms with Crippen molar-refractivity contribution in [3.63, 3.8) is 0 Å². The van der Waals surface area contributed by atoms with Crippen LogP contribution in [0.15, 0.2) is 24.3 Å². The Morgan fingerprint density at radius 2 is 1.82 bits per heavy atom. The molecule has 1 rings (SSSR count). The third kappa shape index (κ3) is 4.29. The van der Waals surface area contributed by atoms with Gasteiger partial charge in [0.05, 0.1) is 7.11 Å². The van der Waals surface area contributed by atoms with E-state index in [-0.39, 0.29) is 35.1 Å². The Hall–Kier alpha value is -0.600. The number of rotatable bonds is 4. The molecule has 1 atom stereocenters. The van der Waals surface area contributed by atoms with E-state index in [4.69, 9.17) is 10.5 Å². The van der Waals surface area contributed by atoms with Crippen molar-refractivity contribution in [2.45, 2.75) is 5.25 Å². The zero-order chi connectivity index (χ0) is 12.3. The molecule has 0 aliphatic rings. The third-order valence-corrected chi connectivity index (χ3v) is 3.01. The first-order valence-electron chi connectivity index (χ1n) is 4.20. The Labute approximate surface area is 121 Å². The molecule has 0 spiro atoms. The molecule has 1 radical (unpaired) electrons. The van der Waals surface area contributed by atoms with E-state index >= 15 is 0 Å². The van der Waals surface area contributed by atoms with Gasteiger partial charge in [-0.3, -0.25) is 10.5 Å². The fourth-order valence-corrected chi connectivity index (χ4v) is 1.98. The van der Waals surface area contributed by atoms with Crippen LogP contribution >= 0.6 is 0 Å². The summed E-state index contributed by atoms with van der Waals surface area (Å²) in [6.07, 6.45) is 0. The van der Waals surface area contributed by atoms with Crippen LogP contribution in [0.3, 0.4) is 0 Å². The summed E-state index contributed by atoms with van der Waals surface area (Å²) < 4.78 is 37.2. The molecular formula is C9H9NNaO5S. The van der Waals surface area contributed by atoms with E-state index in [0.29, 0.717) is 5.75 Å². The molecule has 17 heavy (non-hydrogen) atoms. The molecule has 1 aromatic carbocycles. The van der Waals surface area contributed by atoms with Gasteiger partial charge in [-0.15, -0.1) is 0 Å². The van der Waals surface area contributed by atoms with Gasteiger partial charge in [-0.05, 0) is 17.7 Å². The molecule has 1 amide bonds. The predicted octanol–water partition coefficient (Wildman–Crippen LogP) is -2.90. The van der Waals surface area contributed by atoms with Gasteiger partial charge in [0.2, 0.25) is 0 Å². The van der Waals surface area contributed by atoms with Gasteiger partial charge in [-0.25, -0.2) is 8.42 Å². The van der Waals surface area contributed by atoms with Gasteiger partial charge >= 0.3 is 29.6 Å². The quantitative estimate of drug-likeness (QED) is 0.429. The van der Waals surface area contributed by atoms with Crippen LogP contribution in [0.2, 0.25) is 0 Å². The van der Waals surface area contributed by atoms with E-state index < -0.39 is 21.3 Å². The van der Waals surface area contributed by atoms with Crippen molar-refractivity contribution in [1.29, 1.82) is 0 Å². The number of nitrogens with one attached hydrogen (secondary N) is 1. The Bertz CT molecular complexity index is 485. The van der Waals surface area contributed by atoms with Gasteiger partial charge in [0, 0.05) is 0 Å². The normalized spacial score (nSPS) is 12.4. The molecule has 1 unspecified atom stereocenters. The molecular weight excluding hydrogens is 257 g/mol. The number of hydrogen-bond donors (Lipinski definition) is 0. The van der Waals surface area contributed by atoms with Crippen molar-refractivity contribution in [2.75, 3.05) is 7.11 Å². The minimum absolute atomic E-state index is 0. The molecule has 87 valence electrons. The maximum Gasteiger partial charge on any atom is 1.00 e. The average molecular weight is 266 g/mol. The van der Waals surface area contributed by atoms with Crippen LogP contribution in [0.4, 0.5) is 0 Å². The molecule has 1 aromatic rings. The summed E-state index contributed by atoms with van der Waals surface area (Å²) in [5, 5.41) is -1.97. The number of methoxy groups -OCH3 is 1. The van der Waals surface area contributed by atoms with Crippen molar-refractivity contribution in [3.05, 3.63) is 29.8 Å². The number of carbonyl (C=O) groups is 1. The topological polar surface area (TPSA) is 107 Å². The third-order valence-electron chi connectivity index (χ3n) is 1.95. The average Bonchev–Trinajstić information content (AvgIpc) is 2.16. The maximum atomic E-state index is 10.8. The summed E-state index contributed by atoms with van der Waals surface area (Å²) in [7, 11) is -3.44. The minimum Gasteiger partial charge on any atom is -0.747 e. The van der Waals surface area contributed by atoms with Gasteiger partial charge in [-0.1, -0.05) is 12.1 Å². The molecule has 0 heterocycles. The van der Waals surface area contributed by atoms with Crippen LogP contribution in [0.25, 0.3) is 0 Å². The molecule has 8 heteroatoms. The molecule has 0 fully saturated rings. The summed E-state index contributed by atoms with van der Waals surface area (Å²) >= 11 is 0. The van der Waals surface area contributed by atoms with Gasteiger partial charge in [-0.2, -0.15) is 0 Å². The number of ether oxygens (including phenoxy) is 1. The molecule has 0 saturated heterocycles. The summed E-state index contributed by atoms with van der Waals surface area (Å²) in [5.41, 5.74) is 6.75. The largest absolute Gasteiger partial charge is 1.00 e. The first-order chi connectivity index (χ1) is 7.36. The van der Waals surface area contributed by atoms with E-state index in [2.05, 4.69) is 0 Å². The molecule has 0 aliphatic carbocycles. The smallest absolute Gasteiger partial charge is 0.747 e. The van der Waals surface area contributed by atoms with Crippen molar-refractivity contribution >= 4 is 16.0 Å². The van der Waals surface area contributed by atoms with E-state index in [9.17, 15) is 17.8 Å². The van der Waals surface area contributed by atoms with Crippen LogP contribution in [0.5, 0.6) is 5.75 Å². The van der Waals surface area contributed by atoms with E-state index in [1.807, 2.05) is 0 Å². The van der Waals surface area contributed by atoms with E-state index in [0.717, 1.165) is 0 Å². The van der Waals surface area contributed by atoms with Crippen LogP contribution in [0, 0.1) is 0 Å². The van der Waals surface area contributed by atoms with Gasteiger partial charge < -0.3 is 9.29 Å². The van der Waals surface area contributed by atoms with Crippen LogP contribution in [0.1, 0.15) is 10.8 Å². The summed E-state index contributed by atoms with van der Waals surface area (Å²) in [6, 6.07) is 5.36. The number of benzene rings is 1. The first kappa shape index (κ1) is 16.4. The predicted molar refractivity (Wildman–Crippen MR) is 53.5 cm³/mol. The van der Waals surface area contributed by atoms with Gasteiger partial charge in [0.15, 0.2) is 5.25 Å². The maximum absolute atomic E-state index is 10.8. The second kappa shape index (κ2) is 6.36. The molecule has 1 N–H and O–H groups in total. The Morgan fingerprint density at radius 3 is 2.12 bits per heavy atom. The fraction of sp³-hybridized carbons (Fsp3) is 0.222. The summed E-state index contributed by atoms with van der Waals surface area (Å²) in [6.45, 7) is 0. The summed E-state index contributed by atoms with van der Waals surface area (Å²) in [4.78, 5) is 10.8. The second-order valence-electron chi connectivity index (χ2n) is 3.01. The van der Waals surface area contributed by atoms with Crippen molar-refractivity contribution in [2.24, 2.45) is 0 Å². The molecule has 0 bridgehead atoms. The zero-order valence-corrected chi connectivity index (χ0v) is 12.2. The monoisotopic (exact) mass is 266 g/mol. The Kier molecular flexibility index (Phi) is 6.14. The van der Waals surface area contributed by atoms with Crippen molar-refractivity contribution in [3.8, 4) is 5.75 Å². The molecule has 6 nitrogen and oxygen atoms in total. The van der Waals surface area contributed by atoms with Crippen molar-refractivity contribution in [1.82, 2.24) is 5.73 Å². The van der Waals surface area contributed by atoms with Gasteiger partial charge in [0.1, 0.15) is 15.9 Å². The van der Waals surface area contributed by atoms with Gasteiger partial charge in [0.25, 0.3) is 5.91 Å². The van der Waals surface area contributed by atoms with E-state index in [1.165, 1.54) is 31.4 Å². The Balaban J connectivity index is 0.00000256. The van der Waals surface area contributed by atoms with Crippen LogP contribution in [-0.4, -0.2) is 26.0 Å². The fourth-order valence-electron chi connectivity index (χ4n) is 1.23. The van der Waals surface area contributed by atoms with Crippen LogP contribution < -0.4 is 40.0 Å². The number of hydrogen-bond acceptors (Lipinski definition) is 5. The standard InChI is InChI=1S/C9H10NO5S.Na/c1-15-7-4-2-6(3-5-7)8(9(10)11)16(12,13)14;/h2-5,8,10H,1H3,(H,12,13,14);/q;+1/p-1. The second-order valence-corrected chi connectivity index (χ2v) is 4.47. The molecule has 0 aliphatic heterocycles.